The van der Waals surface area contributed by atoms with Crippen LogP contribution in [0.5, 0.6) is 0 Å². The Balaban J connectivity index is 1.94. The van der Waals surface area contributed by atoms with Crippen molar-refractivity contribution in [3.63, 3.8) is 0 Å². The third-order valence-corrected chi connectivity index (χ3v) is 4.73. The maximum Gasteiger partial charge on any atom is 0.407 e. The van der Waals surface area contributed by atoms with Crippen molar-refractivity contribution < 1.29 is 24.1 Å². The summed E-state index contributed by atoms with van der Waals surface area (Å²) in [7, 11) is 2.01. The molecule has 140 valence electrons. The van der Waals surface area contributed by atoms with E-state index in [9.17, 15) is 9.90 Å². The van der Waals surface area contributed by atoms with Crippen molar-refractivity contribution in [1.29, 1.82) is 0 Å². The van der Waals surface area contributed by atoms with Gasteiger partial charge in [-0.1, -0.05) is 0 Å². The molecule has 0 bridgehead atoms. The highest BCUT2D eigenvalue weighted by Gasteiger charge is 2.38. The fourth-order valence-corrected chi connectivity index (χ4v) is 3.37. The summed E-state index contributed by atoms with van der Waals surface area (Å²) in [6.45, 7) is 9.19. The van der Waals surface area contributed by atoms with Gasteiger partial charge >= 0.3 is 6.09 Å². The highest BCUT2D eigenvalue weighted by atomic mass is 16.6. The predicted molar refractivity (Wildman–Crippen MR) is 90.0 cm³/mol. The summed E-state index contributed by atoms with van der Waals surface area (Å²) in [4.78, 5) is 14.2. The van der Waals surface area contributed by atoms with Crippen LogP contribution in [0.1, 0.15) is 33.6 Å². The Morgan fingerprint density at radius 3 is 2.50 bits per heavy atom. The number of nitrogens with one attached hydrogen (secondary N) is 1. The molecule has 0 radical (unpaired) electrons. The van der Waals surface area contributed by atoms with Crippen molar-refractivity contribution in [2.24, 2.45) is 5.41 Å². The number of aliphatic hydroxyl groups excluding tert-OH is 1. The lowest BCUT2D eigenvalue weighted by Gasteiger charge is -2.42. The van der Waals surface area contributed by atoms with Crippen LogP contribution in [-0.4, -0.2) is 80.4 Å². The average Bonchev–Trinajstić information content (AvgIpc) is 2.91. The number of carbonyl (C=O) groups excluding carboxylic acids is 1. The average molecular weight is 344 g/mol. The van der Waals surface area contributed by atoms with Gasteiger partial charge in [0.1, 0.15) is 5.60 Å². The van der Waals surface area contributed by atoms with Crippen molar-refractivity contribution in [2.75, 3.05) is 46.6 Å². The Labute approximate surface area is 144 Å². The predicted octanol–water partition coefficient (Wildman–Crippen LogP) is 0.999. The Bertz CT molecular complexity index is 418. The second-order valence-corrected chi connectivity index (χ2v) is 8.06. The molecule has 2 aliphatic rings. The normalized spacial score (nSPS) is 27.2. The van der Waals surface area contributed by atoms with Gasteiger partial charge in [0, 0.05) is 31.7 Å². The minimum atomic E-state index is -0.505. The summed E-state index contributed by atoms with van der Waals surface area (Å²) in [5.41, 5.74) is -0.582. The lowest BCUT2D eigenvalue weighted by molar-refractivity contribution is -0.0168. The molecule has 2 saturated heterocycles. The van der Waals surface area contributed by atoms with Crippen LogP contribution in [0, 0.1) is 5.41 Å². The first-order valence-electron chi connectivity index (χ1n) is 8.71. The number of hydrogen-bond acceptors (Lipinski definition) is 6. The second kappa shape index (κ2) is 7.99. The van der Waals surface area contributed by atoms with Crippen molar-refractivity contribution in [1.82, 2.24) is 10.2 Å². The lowest BCUT2D eigenvalue weighted by Crippen LogP contribution is -2.52. The minimum Gasteiger partial charge on any atom is -0.444 e. The summed E-state index contributed by atoms with van der Waals surface area (Å²) in [6, 6.07) is 0.00578. The van der Waals surface area contributed by atoms with Crippen molar-refractivity contribution in [3.8, 4) is 0 Å². The Morgan fingerprint density at radius 1 is 1.29 bits per heavy atom. The topological polar surface area (TPSA) is 80.3 Å². The Kier molecular flexibility index (Phi) is 6.47. The van der Waals surface area contributed by atoms with Crippen molar-refractivity contribution >= 4 is 6.09 Å². The first-order chi connectivity index (χ1) is 11.2. The summed E-state index contributed by atoms with van der Waals surface area (Å²) >= 11 is 0. The van der Waals surface area contributed by atoms with Gasteiger partial charge in [-0.25, -0.2) is 4.79 Å². The van der Waals surface area contributed by atoms with E-state index < -0.39 is 11.7 Å². The molecule has 7 nitrogen and oxygen atoms in total. The van der Waals surface area contributed by atoms with Crippen LogP contribution in [0.15, 0.2) is 0 Å². The van der Waals surface area contributed by atoms with Gasteiger partial charge in [-0.3, -0.25) is 4.90 Å². The molecule has 7 heteroatoms. The molecule has 2 N–H and O–H groups in total. The van der Waals surface area contributed by atoms with Crippen LogP contribution in [-0.2, 0) is 14.2 Å². The molecule has 0 aliphatic carbocycles. The van der Waals surface area contributed by atoms with Crippen molar-refractivity contribution in [2.45, 2.75) is 51.4 Å². The molecule has 24 heavy (non-hydrogen) atoms. The fraction of sp³-hybridized carbons (Fsp3) is 0.941. The molecule has 2 rings (SSSR count). The number of hydrogen-bond donors (Lipinski definition) is 2. The minimum absolute atomic E-state index is 0.00578. The number of carbonyl (C=O) groups is 1. The highest BCUT2D eigenvalue weighted by Crippen LogP contribution is 2.32. The van der Waals surface area contributed by atoms with Gasteiger partial charge in [0.15, 0.2) is 0 Å². The molecule has 0 spiro atoms. The highest BCUT2D eigenvalue weighted by molar-refractivity contribution is 5.67. The van der Waals surface area contributed by atoms with Gasteiger partial charge in [-0.15, -0.1) is 0 Å². The molecule has 0 aromatic heterocycles. The SMILES string of the molecule is CN(CC1(CNC(=O)OC(C)(C)C)CCOCC1)[C@@H]1COC[C@H]1O. The maximum absolute atomic E-state index is 12.0. The van der Waals surface area contributed by atoms with E-state index in [-0.39, 0.29) is 17.6 Å². The zero-order valence-electron chi connectivity index (χ0n) is 15.3. The standard InChI is InChI=1S/C17H32N2O5/c1-16(2,3)24-15(21)18-11-17(5-7-22-8-6-17)12-19(4)13-9-23-10-14(13)20/h13-14,20H,5-12H2,1-4H3,(H,18,21)/t13-,14-/m1/s1. The zero-order chi connectivity index (χ0) is 17.8. The number of amides is 1. The number of nitrogens with zero attached hydrogens (tertiary/aromatic N) is 1. The summed E-state index contributed by atoms with van der Waals surface area (Å²) < 4.78 is 16.2. The quantitative estimate of drug-likeness (QED) is 0.774. The molecule has 2 atom stereocenters. The van der Waals surface area contributed by atoms with Crippen LogP contribution < -0.4 is 5.32 Å². The second-order valence-electron chi connectivity index (χ2n) is 8.06. The van der Waals surface area contributed by atoms with E-state index >= 15 is 0 Å². The molecule has 0 aromatic rings. The number of ether oxygens (including phenoxy) is 3. The smallest absolute Gasteiger partial charge is 0.407 e. The maximum atomic E-state index is 12.0. The van der Waals surface area contributed by atoms with Crippen LogP contribution in [0.2, 0.25) is 0 Å². The number of likely N-dealkylation sites (N-methyl/N-ethyl adjacent to an activating group) is 1. The van der Waals surface area contributed by atoms with E-state index in [4.69, 9.17) is 14.2 Å². The summed E-state index contributed by atoms with van der Waals surface area (Å²) in [5, 5.41) is 13.0. The van der Waals surface area contributed by atoms with Gasteiger partial charge in [-0.05, 0) is 40.7 Å². The molecule has 0 unspecified atom stereocenters. The first-order valence-corrected chi connectivity index (χ1v) is 8.71. The first kappa shape index (κ1) is 19.4. The molecule has 2 aliphatic heterocycles. The van der Waals surface area contributed by atoms with Gasteiger partial charge in [0.2, 0.25) is 0 Å². The number of alkyl carbamates (subject to hydrolysis) is 1. The number of aliphatic hydroxyl groups is 1. The lowest BCUT2D eigenvalue weighted by atomic mass is 9.79. The van der Waals surface area contributed by atoms with E-state index in [0.717, 1.165) is 19.4 Å². The fourth-order valence-electron chi connectivity index (χ4n) is 3.37. The van der Waals surface area contributed by atoms with Crippen LogP contribution in [0.25, 0.3) is 0 Å². The Morgan fingerprint density at radius 2 is 1.96 bits per heavy atom. The number of rotatable bonds is 5. The van der Waals surface area contributed by atoms with E-state index in [1.54, 1.807) is 0 Å². The molecule has 2 fully saturated rings. The van der Waals surface area contributed by atoms with Gasteiger partial charge in [-0.2, -0.15) is 0 Å². The van der Waals surface area contributed by atoms with E-state index in [1.807, 2.05) is 27.8 Å². The van der Waals surface area contributed by atoms with Gasteiger partial charge < -0.3 is 24.6 Å². The van der Waals surface area contributed by atoms with E-state index in [0.29, 0.717) is 33.0 Å². The van der Waals surface area contributed by atoms with Gasteiger partial charge in [0.05, 0.1) is 25.4 Å². The third-order valence-electron chi connectivity index (χ3n) is 4.73. The molecular weight excluding hydrogens is 312 g/mol. The van der Waals surface area contributed by atoms with E-state index in [1.165, 1.54) is 0 Å². The molecule has 0 aromatic carbocycles. The third kappa shape index (κ3) is 5.58. The zero-order valence-corrected chi connectivity index (χ0v) is 15.3. The van der Waals surface area contributed by atoms with Crippen LogP contribution in [0.3, 0.4) is 0 Å². The molecule has 1 amide bonds. The monoisotopic (exact) mass is 344 g/mol. The van der Waals surface area contributed by atoms with Gasteiger partial charge in [0.25, 0.3) is 0 Å². The van der Waals surface area contributed by atoms with Crippen LogP contribution >= 0.6 is 0 Å². The van der Waals surface area contributed by atoms with Crippen molar-refractivity contribution in [3.05, 3.63) is 0 Å². The Hall–Kier alpha value is -0.890. The largest absolute Gasteiger partial charge is 0.444 e. The summed E-state index contributed by atoms with van der Waals surface area (Å²) in [5.74, 6) is 0. The molecule has 0 saturated carbocycles. The molecule has 2 heterocycles. The summed E-state index contributed by atoms with van der Waals surface area (Å²) in [6.07, 6.45) is 0.902. The van der Waals surface area contributed by atoms with E-state index in [2.05, 4.69) is 10.2 Å². The molecular formula is C17H32N2O5. The van der Waals surface area contributed by atoms with Crippen LogP contribution in [0.4, 0.5) is 4.79 Å².